The maximum atomic E-state index is 12.2. The zero-order valence-corrected chi connectivity index (χ0v) is 16.6. The number of carbonyl (C=O) groups is 1. The van der Waals surface area contributed by atoms with E-state index in [1.165, 1.54) is 11.3 Å². The lowest BCUT2D eigenvalue weighted by atomic mass is 10.1. The van der Waals surface area contributed by atoms with Gasteiger partial charge in [-0.05, 0) is 47.7 Å². The second-order valence-electron chi connectivity index (χ2n) is 6.26. The zero-order valence-electron chi connectivity index (χ0n) is 15.8. The number of methoxy groups -OCH3 is 1. The average Bonchev–Trinajstić information content (AvgIpc) is 3.38. The van der Waals surface area contributed by atoms with Gasteiger partial charge in [-0.2, -0.15) is 0 Å². The number of fused-ring (bicyclic) bond motifs is 1. The Bertz CT molecular complexity index is 1120. The van der Waals surface area contributed by atoms with E-state index in [0.29, 0.717) is 18.0 Å². The van der Waals surface area contributed by atoms with Crippen molar-refractivity contribution in [2.45, 2.75) is 6.42 Å². The van der Waals surface area contributed by atoms with Crippen molar-refractivity contribution < 1.29 is 14.3 Å². The Morgan fingerprint density at radius 2 is 2.14 bits per heavy atom. The molecule has 0 spiro atoms. The molecule has 0 saturated heterocycles. The molecule has 3 heterocycles. The van der Waals surface area contributed by atoms with Crippen molar-refractivity contribution in [2.24, 2.45) is 0 Å². The van der Waals surface area contributed by atoms with Crippen molar-refractivity contribution in [3.05, 3.63) is 65.8 Å². The van der Waals surface area contributed by atoms with Crippen LogP contribution < -0.4 is 20.1 Å². The molecule has 1 aromatic carbocycles. The maximum absolute atomic E-state index is 12.2. The molecule has 29 heavy (non-hydrogen) atoms. The number of anilines is 2. The molecule has 8 heteroatoms. The van der Waals surface area contributed by atoms with E-state index >= 15 is 0 Å². The van der Waals surface area contributed by atoms with E-state index in [2.05, 4.69) is 20.6 Å². The molecule has 0 radical (unpaired) electrons. The molecule has 1 amide bonds. The van der Waals surface area contributed by atoms with Crippen LogP contribution in [0.15, 0.2) is 60.2 Å². The average molecular weight is 408 g/mol. The first-order chi connectivity index (χ1) is 14.2. The molecule has 0 aliphatic heterocycles. The van der Waals surface area contributed by atoms with E-state index in [1.807, 2.05) is 54.0 Å². The summed E-state index contributed by atoms with van der Waals surface area (Å²) in [7, 11) is 1.63. The van der Waals surface area contributed by atoms with Crippen molar-refractivity contribution in [1.82, 2.24) is 15.3 Å². The van der Waals surface area contributed by atoms with Crippen LogP contribution in [0, 0.1) is 0 Å². The number of rotatable bonds is 7. The second kappa shape index (κ2) is 8.66. The summed E-state index contributed by atoms with van der Waals surface area (Å²) in [4.78, 5) is 19.6. The number of amides is 1. The summed E-state index contributed by atoms with van der Waals surface area (Å²) in [5.41, 5.74) is 3.49. The number of nitrogens with zero attached hydrogens (tertiary/aromatic N) is 1. The maximum Gasteiger partial charge on any atom is 0.413 e. The fourth-order valence-corrected chi connectivity index (χ4v) is 3.64. The Morgan fingerprint density at radius 3 is 3.03 bits per heavy atom. The van der Waals surface area contributed by atoms with Crippen LogP contribution in [0.4, 0.5) is 16.2 Å². The Kier molecular flexibility index (Phi) is 5.62. The minimum atomic E-state index is -0.486. The van der Waals surface area contributed by atoms with Gasteiger partial charge in [-0.3, -0.25) is 0 Å². The number of carbonyl (C=O) groups excluding carboxylic acids is 1. The first kappa shape index (κ1) is 18.8. The number of benzene rings is 1. The highest BCUT2D eigenvalue weighted by Crippen LogP contribution is 2.35. The number of ether oxygens (including phenoxy) is 2. The first-order valence-corrected chi connectivity index (χ1v) is 9.96. The molecule has 7 nitrogen and oxygen atoms in total. The molecular formula is C21H20N4O3S. The van der Waals surface area contributed by atoms with Gasteiger partial charge in [0.25, 0.3) is 0 Å². The third-order valence-corrected chi connectivity index (χ3v) is 5.15. The molecule has 3 aromatic heterocycles. The number of aromatic amines is 1. The van der Waals surface area contributed by atoms with Gasteiger partial charge in [0.15, 0.2) is 0 Å². The topological polar surface area (TPSA) is 88.3 Å². The summed E-state index contributed by atoms with van der Waals surface area (Å²) in [6.07, 6.45) is 3.76. The van der Waals surface area contributed by atoms with Gasteiger partial charge in [0.2, 0.25) is 5.06 Å². The number of nitrogens with one attached hydrogen (secondary N) is 3. The summed E-state index contributed by atoms with van der Waals surface area (Å²) >= 11 is 1.35. The third kappa shape index (κ3) is 4.49. The van der Waals surface area contributed by atoms with Gasteiger partial charge < -0.3 is 25.1 Å². The van der Waals surface area contributed by atoms with E-state index in [9.17, 15) is 4.79 Å². The number of thiophene rings is 1. The van der Waals surface area contributed by atoms with Crippen molar-refractivity contribution in [3.63, 3.8) is 0 Å². The molecule has 0 aliphatic carbocycles. The Hall–Kier alpha value is -3.52. The Balaban J connectivity index is 1.35. The standard InChI is InChI=1S/C21H20N4O3S/c1-27-15-4-2-3-14(13-15)5-9-24-21(26)28-20-18(8-12-29-20)25-17-7-11-23-19-16(17)6-10-22-19/h2-4,6-8,10-13H,5,9H2,1H3,(H,24,26)(H2,22,23,25). The van der Waals surface area contributed by atoms with Crippen molar-refractivity contribution in [1.29, 1.82) is 0 Å². The van der Waals surface area contributed by atoms with Crippen LogP contribution in [0.1, 0.15) is 5.56 Å². The zero-order chi connectivity index (χ0) is 20.1. The molecule has 4 rings (SSSR count). The highest BCUT2D eigenvalue weighted by atomic mass is 32.1. The minimum absolute atomic E-state index is 0.467. The van der Waals surface area contributed by atoms with Gasteiger partial charge in [-0.15, -0.1) is 11.3 Å². The largest absolute Gasteiger partial charge is 0.497 e. The van der Waals surface area contributed by atoms with E-state index in [1.54, 1.807) is 13.3 Å². The molecule has 0 fully saturated rings. The lowest BCUT2D eigenvalue weighted by molar-refractivity contribution is 0.202. The van der Waals surface area contributed by atoms with Gasteiger partial charge in [0.1, 0.15) is 11.4 Å². The van der Waals surface area contributed by atoms with Gasteiger partial charge in [0.05, 0.1) is 18.5 Å². The summed E-state index contributed by atoms with van der Waals surface area (Å²) in [6.45, 7) is 0.467. The van der Waals surface area contributed by atoms with E-state index < -0.39 is 6.09 Å². The molecule has 3 N–H and O–H groups in total. The third-order valence-electron chi connectivity index (χ3n) is 4.36. The molecule has 0 bridgehead atoms. The normalized spacial score (nSPS) is 10.7. The van der Waals surface area contributed by atoms with Crippen molar-refractivity contribution in [3.8, 4) is 10.8 Å². The van der Waals surface area contributed by atoms with Crippen LogP contribution in [0.2, 0.25) is 0 Å². The monoisotopic (exact) mass is 408 g/mol. The van der Waals surface area contributed by atoms with Crippen LogP contribution >= 0.6 is 11.3 Å². The number of hydrogen-bond donors (Lipinski definition) is 3. The fourth-order valence-electron chi connectivity index (χ4n) is 2.94. The van der Waals surface area contributed by atoms with Gasteiger partial charge in [0, 0.05) is 24.3 Å². The summed E-state index contributed by atoms with van der Waals surface area (Å²) in [5, 5.41) is 9.44. The van der Waals surface area contributed by atoms with Crippen molar-refractivity contribution >= 4 is 39.8 Å². The smallest absolute Gasteiger partial charge is 0.413 e. The van der Waals surface area contributed by atoms with E-state index in [0.717, 1.165) is 33.7 Å². The number of aromatic nitrogens is 2. The van der Waals surface area contributed by atoms with E-state index in [-0.39, 0.29) is 0 Å². The summed E-state index contributed by atoms with van der Waals surface area (Å²) < 4.78 is 10.7. The Labute approximate surface area is 171 Å². The number of hydrogen-bond acceptors (Lipinski definition) is 6. The molecule has 0 unspecified atom stereocenters. The molecule has 0 atom stereocenters. The van der Waals surface area contributed by atoms with Crippen LogP contribution in [0.25, 0.3) is 11.0 Å². The predicted octanol–water partition coefficient (Wildman–Crippen LogP) is 4.71. The van der Waals surface area contributed by atoms with Gasteiger partial charge in [-0.25, -0.2) is 9.78 Å². The SMILES string of the molecule is COc1cccc(CCNC(=O)Oc2sccc2Nc2ccnc3[nH]ccc23)c1. The Morgan fingerprint density at radius 1 is 1.21 bits per heavy atom. The first-order valence-electron chi connectivity index (χ1n) is 9.08. The predicted molar refractivity (Wildman–Crippen MR) is 114 cm³/mol. The molecule has 0 saturated carbocycles. The van der Waals surface area contributed by atoms with Crippen LogP contribution in [-0.4, -0.2) is 29.7 Å². The lowest BCUT2D eigenvalue weighted by Crippen LogP contribution is -2.28. The summed E-state index contributed by atoms with van der Waals surface area (Å²) in [5.74, 6) is 0.798. The number of pyridine rings is 1. The molecule has 4 aromatic rings. The fraction of sp³-hybridized carbons (Fsp3) is 0.143. The van der Waals surface area contributed by atoms with Crippen LogP contribution in [0.5, 0.6) is 10.8 Å². The van der Waals surface area contributed by atoms with Crippen LogP contribution in [0.3, 0.4) is 0 Å². The molecular weight excluding hydrogens is 388 g/mol. The highest BCUT2D eigenvalue weighted by molar-refractivity contribution is 7.12. The second-order valence-corrected chi connectivity index (χ2v) is 7.14. The minimum Gasteiger partial charge on any atom is -0.497 e. The van der Waals surface area contributed by atoms with Gasteiger partial charge >= 0.3 is 6.09 Å². The molecule has 148 valence electrons. The quantitative estimate of drug-likeness (QED) is 0.412. The highest BCUT2D eigenvalue weighted by Gasteiger charge is 2.12. The number of H-pyrrole nitrogens is 1. The lowest BCUT2D eigenvalue weighted by Gasteiger charge is -2.10. The summed E-state index contributed by atoms with van der Waals surface area (Å²) in [6, 6.07) is 13.5. The molecule has 0 aliphatic rings. The van der Waals surface area contributed by atoms with E-state index in [4.69, 9.17) is 9.47 Å². The van der Waals surface area contributed by atoms with Crippen LogP contribution in [-0.2, 0) is 6.42 Å². The van der Waals surface area contributed by atoms with Gasteiger partial charge in [-0.1, -0.05) is 12.1 Å². The van der Waals surface area contributed by atoms with Crippen molar-refractivity contribution in [2.75, 3.05) is 19.0 Å².